The van der Waals surface area contributed by atoms with Crippen molar-refractivity contribution in [2.75, 3.05) is 4.72 Å². The van der Waals surface area contributed by atoms with Gasteiger partial charge in [0.1, 0.15) is 5.82 Å². The van der Waals surface area contributed by atoms with Crippen LogP contribution in [-0.4, -0.2) is 4.98 Å². The van der Waals surface area contributed by atoms with Crippen LogP contribution in [0.3, 0.4) is 0 Å². The minimum absolute atomic E-state index is 1.03. The minimum atomic E-state index is 1.03. The van der Waals surface area contributed by atoms with Crippen molar-refractivity contribution in [1.29, 1.82) is 0 Å². The standard InChI is InChI=1S/C6H6N2S/c1-2-5-4-9-8-6(5)7-3-1/h1-3H,4H2,(H,7,8). The van der Waals surface area contributed by atoms with Crippen LogP contribution in [-0.2, 0) is 5.75 Å². The molecular weight excluding hydrogens is 132 g/mol. The summed E-state index contributed by atoms with van der Waals surface area (Å²) in [4.78, 5) is 4.13. The summed E-state index contributed by atoms with van der Waals surface area (Å²) in [6.07, 6.45) is 1.80. The Morgan fingerprint density at radius 1 is 1.67 bits per heavy atom. The van der Waals surface area contributed by atoms with Crippen LogP contribution in [0.5, 0.6) is 0 Å². The lowest BCUT2D eigenvalue weighted by Crippen LogP contribution is -1.82. The molecule has 1 aromatic rings. The summed E-state index contributed by atoms with van der Waals surface area (Å²) in [5.74, 6) is 2.07. The first kappa shape index (κ1) is 5.11. The second-order valence-corrected chi connectivity index (χ2v) is 2.68. The van der Waals surface area contributed by atoms with Crippen LogP contribution in [0, 0.1) is 0 Å². The van der Waals surface area contributed by atoms with E-state index in [0.29, 0.717) is 0 Å². The fraction of sp³-hybridized carbons (Fsp3) is 0.167. The third-order valence-electron chi connectivity index (χ3n) is 1.29. The van der Waals surface area contributed by atoms with Gasteiger partial charge >= 0.3 is 0 Å². The summed E-state index contributed by atoms with van der Waals surface area (Å²) >= 11 is 1.69. The molecule has 3 heteroatoms. The molecule has 1 aromatic heterocycles. The molecule has 0 amide bonds. The van der Waals surface area contributed by atoms with E-state index in [4.69, 9.17) is 0 Å². The Kier molecular flexibility index (Phi) is 1.09. The normalized spacial score (nSPS) is 14.7. The average molecular weight is 138 g/mol. The van der Waals surface area contributed by atoms with E-state index in [0.717, 1.165) is 11.6 Å². The molecule has 0 saturated carbocycles. The number of nitrogens with one attached hydrogen (secondary N) is 1. The lowest BCUT2D eigenvalue weighted by molar-refractivity contribution is 1.29. The van der Waals surface area contributed by atoms with Crippen molar-refractivity contribution in [2.45, 2.75) is 5.75 Å². The Labute approximate surface area is 57.8 Å². The number of hydrogen-bond acceptors (Lipinski definition) is 3. The molecule has 2 nitrogen and oxygen atoms in total. The van der Waals surface area contributed by atoms with Gasteiger partial charge in [0.25, 0.3) is 0 Å². The number of aromatic nitrogens is 1. The molecule has 0 saturated heterocycles. The zero-order valence-electron chi connectivity index (χ0n) is 4.79. The van der Waals surface area contributed by atoms with E-state index in [2.05, 4.69) is 15.8 Å². The van der Waals surface area contributed by atoms with E-state index in [-0.39, 0.29) is 0 Å². The minimum Gasteiger partial charge on any atom is -0.314 e. The maximum Gasteiger partial charge on any atom is 0.139 e. The number of nitrogens with zero attached hydrogens (tertiary/aromatic N) is 1. The molecule has 1 aliphatic heterocycles. The topological polar surface area (TPSA) is 24.9 Å². The number of pyridine rings is 1. The van der Waals surface area contributed by atoms with Gasteiger partial charge in [-0.05, 0) is 18.0 Å². The molecule has 46 valence electrons. The Balaban J connectivity index is 2.54. The molecule has 0 atom stereocenters. The fourth-order valence-electron chi connectivity index (χ4n) is 0.829. The molecule has 1 N–H and O–H groups in total. The van der Waals surface area contributed by atoms with Gasteiger partial charge < -0.3 is 4.72 Å². The number of anilines is 1. The van der Waals surface area contributed by atoms with Crippen LogP contribution >= 0.6 is 11.9 Å². The molecule has 0 radical (unpaired) electrons. The first-order valence-corrected chi connectivity index (χ1v) is 3.77. The van der Waals surface area contributed by atoms with Crippen LogP contribution in [0.1, 0.15) is 5.56 Å². The van der Waals surface area contributed by atoms with Crippen LogP contribution < -0.4 is 4.72 Å². The second kappa shape index (κ2) is 1.92. The van der Waals surface area contributed by atoms with E-state index >= 15 is 0 Å². The van der Waals surface area contributed by atoms with Crippen molar-refractivity contribution in [2.24, 2.45) is 0 Å². The van der Waals surface area contributed by atoms with Gasteiger partial charge in [0.15, 0.2) is 0 Å². The molecule has 2 rings (SSSR count). The van der Waals surface area contributed by atoms with Gasteiger partial charge in [-0.2, -0.15) is 0 Å². The molecule has 2 heterocycles. The Morgan fingerprint density at radius 2 is 2.67 bits per heavy atom. The summed E-state index contributed by atoms with van der Waals surface area (Å²) < 4.78 is 3.11. The number of hydrogen-bond donors (Lipinski definition) is 1. The highest BCUT2D eigenvalue weighted by molar-refractivity contribution is 8.00. The summed E-state index contributed by atoms with van der Waals surface area (Å²) in [7, 11) is 0. The molecule has 0 unspecified atom stereocenters. The van der Waals surface area contributed by atoms with Crippen molar-refractivity contribution in [1.82, 2.24) is 4.98 Å². The lowest BCUT2D eigenvalue weighted by atomic mass is 10.3. The first-order chi connectivity index (χ1) is 4.47. The third kappa shape index (κ3) is 0.772. The summed E-state index contributed by atoms with van der Waals surface area (Å²) in [5, 5.41) is 0. The molecule has 0 aliphatic carbocycles. The van der Waals surface area contributed by atoms with Crippen molar-refractivity contribution in [3.63, 3.8) is 0 Å². The van der Waals surface area contributed by atoms with Crippen molar-refractivity contribution in [3.8, 4) is 0 Å². The molecule has 9 heavy (non-hydrogen) atoms. The molecule has 1 aliphatic rings. The van der Waals surface area contributed by atoms with E-state index in [1.54, 1.807) is 18.1 Å². The molecular formula is C6H6N2S. The highest BCUT2D eigenvalue weighted by atomic mass is 32.2. The van der Waals surface area contributed by atoms with E-state index < -0.39 is 0 Å². The largest absolute Gasteiger partial charge is 0.314 e. The zero-order valence-corrected chi connectivity index (χ0v) is 5.61. The van der Waals surface area contributed by atoms with E-state index in [1.807, 2.05) is 6.07 Å². The lowest BCUT2D eigenvalue weighted by Gasteiger charge is -1.91. The molecule has 0 spiro atoms. The SMILES string of the molecule is c1cnc2c(c1)CSN2. The second-order valence-electron chi connectivity index (χ2n) is 1.90. The smallest absolute Gasteiger partial charge is 0.139 e. The number of rotatable bonds is 0. The monoisotopic (exact) mass is 138 g/mol. The van der Waals surface area contributed by atoms with Gasteiger partial charge in [-0.3, -0.25) is 0 Å². The van der Waals surface area contributed by atoms with Crippen LogP contribution in [0.25, 0.3) is 0 Å². The third-order valence-corrected chi connectivity index (χ3v) is 2.08. The van der Waals surface area contributed by atoms with Crippen molar-refractivity contribution < 1.29 is 0 Å². The fourth-order valence-corrected chi connectivity index (χ4v) is 1.61. The number of fused-ring (bicyclic) bond motifs is 1. The summed E-state index contributed by atoms with van der Waals surface area (Å²) in [5.41, 5.74) is 1.31. The highest BCUT2D eigenvalue weighted by Gasteiger charge is 2.08. The maximum absolute atomic E-state index is 4.13. The Morgan fingerprint density at radius 3 is 3.56 bits per heavy atom. The zero-order chi connectivity index (χ0) is 6.10. The predicted molar refractivity (Wildman–Crippen MR) is 39.2 cm³/mol. The Hall–Kier alpha value is -0.700. The predicted octanol–water partition coefficient (Wildman–Crippen LogP) is 1.66. The van der Waals surface area contributed by atoms with Crippen LogP contribution in [0.2, 0.25) is 0 Å². The van der Waals surface area contributed by atoms with Crippen LogP contribution in [0.15, 0.2) is 18.3 Å². The van der Waals surface area contributed by atoms with Gasteiger partial charge in [0.05, 0.1) is 0 Å². The van der Waals surface area contributed by atoms with Gasteiger partial charge in [0.2, 0.25) is 0 Å². The summed E-state index contributed by atoms with van der Waals surface area (Å²) in [6, 6.07) is 4.06. The quantitative estimate of drug-likeness (QED) is 0.552. The summed E-state index contributed by atoms with van der Waals surface area (Å²) in [6.45, 7) is 0. The van der Waals surface area contributed by atoms with Gasteiger partial charge in [-0.15, -0.1) is 0 Å². The molecule has 0 fully saturated rings. The molecule has 0 aromatic carbocycles. The van der Waals surface area contributed by atoms with Crippen LogP contribution in [0.4, 0.5) is 5.82 Å². The van der Waals surface area contributed by atoms with E-state index in [9.17, 15) is 0 Å². The first-order valence-electron chi connectivity index (χ1n) is 2.78. The van der Waals surface area contributed by atoms with Crippen molar-refractivity contribution in [3.05, 3.63) is 23.9 Å². The van der Waals surface area contributed by atoms with Gasteiger partial charge in [-0.1, -0.05) is 6.07 Å². The maximum atomic E-state index is 4.13. The van der Waals surface area contributed by atoms with Gasteiger partial charge in [0, 0.05) is 17.5 Å². The average Bonchev–Trinajstić information content (AvgIpc) is 2.33. The van der Waals surface area contributed by atoms with Gasteiger partial charge in [-0.25, -0.2) is 4.98 Å². The molecule has 0 bridgehead atoms. The van der Waals surface area contributed by atoms with E-state index in [1.165, 1.54) is 5.56 Å². The van der Waals surface area contributed by atoms with Crippen molar-refractivity contribution >= 4 is 17.8 Å². The Bertz CT molecular complexity index is 201. The highest BCUT2D eigenvalue weighted by Crippen LogP contribution is 2.27.